The fourth-order valence-electron chi connectivity index (χ4n) is 1.25. The summed E-state index contributed by atoms with van der Waals surface area (Å²) in [5, 5.41) is 5.78. The predicted molar refractivity (Wildman–Crippen MR) is 74.5 cm³/mol. The molecule has 92 valence electrons. The van der Waals surface area contributed by atoms with Crippen molar-refractivity contribution in [3.8, 4) is 0 Å². The maximum Gasteiger partial charge on any atom is 0.319 e. The highest BCUT2D eigenvalue weighted by molar-refractivity contribution is 7.80. The maximum absolute atomic E-state index is 11.6. The zero-order valence-corrected chi connectivity index (χ0v) is 10.9. The van der Waals surface area contributed by atoms with Gasteiger partial charge in [0, 0.05) is 0 Å². The third-order valence-corrected chi connectivity index (χ3v) is 2.79. The molecule has 0 heterocycles. The second-order valence-corrected chi connectivity index (χ2v) is 4.32. The molecule has 0 aliphatic heterocycles. The number of hydrogen-bond donors (Lipinski definition) is 3. The van der Waals surface area contributed by atoms with Crippen molar-refractivity contribution in [3.63, 3.8) is 0 Å². The van der Waals surface area contributed by atoms with Gasteiger partial charge in [0.15, 0.2) is 0 Å². The summed E-state index contributed by atoms with van der Waals surface area (Å²) in [5.74, 6) is 0. The number of nitrogens with one attached hydrogen (secondary N) is 2. The van der Waals surface area contributed by atoms with Crippen LogP contribution in [0.4, 0.5) is 10.5 Å². The van der Waals surface area contributed by atoms with E-state index in [0.29, 0.717) is 17.1 Å². The third-order valence-electron chi connectivity index (χ3n) is 2.18. The van der Waals surface area contributed by atoms with Gasteiger partial charge < -0.3 is 16.4 Å². The van der Waals surface area contributed by atoms with Crippen molar-refractivity contribution in [2.75, 3.05) is 5.32 Å². The van der Waals surface area contributed by atoms with Gasteiger partial charge in [0.1, 0.15) is 0 Å². The topological polar surface area (TPSA) is 67.2 Å². The molecule has 6 heteroatoms. The van der Waals surface area contributed by atoms with Gasteiger partial charge in [-0.15, -0.1) is 0 Å². The first-order chi connectivity index (χ1) is 8.04. The van der Waals surface area contributed by atoms with E-state index >= 15 is 0 Å². The molecule has 1 rings (SSSR count). The van der Waals surface area contributed by atoms with E-state index in [1.54, 1.807) is 24.3 Å². The number of benzene rings is 1. The van der Waals surface area contributed by atoms with Crippen LogP contribution in [-0.2, 0) is 0 Å². The summed E-state index contributed by atoms with van der Waals surface area (Å²) >= 11 is 10.7. The summed E-state index contributed by atoms with van der Waals surface area (Å²) in [4.78, 5) is 11.9. The van der Waals surface area contributed by atoms with E-state index in [0.717, 1.165) is 0 Å². The number of thiocarbonyl (C=S) groups is 1. The van der Waals surface area contributed by atoms with E-state index in [4.69, 9.17) is 29.6 Å². The van der Waals surface area contributed by atoms with Crippen LogP contribution in [0.15, 0.2) is 24.3 Å². The van der Waals surface area contributed by atoms with Crippen molar-refractivity contribution in [2.24, 2.45) is 5.73 Å². The van der Waals surface area contributed by atoms with E-state index in [-0.39, 0.29) is 17.1 Å². The Hall–Kier alpha value is -1.33. The number of nitrogens with two attached hydrogens (primary N) is 1. The average Bonchev–Trinajstić information content (AvgIpc) is 2.28. The molecule has 0 bridgehead atoms. The van der Waals surface area contributed by atoms with Crippen LogP contribution in [0.1, 0.15) is 13.3 Å². The van der Waals surface area contributed by atoms with E-state index < -0.39 is 0 Å². The molecule has 0 spiro atoms. The van der Waals surface area contributed by atoms with Crippen LogP contribution >= 0.6 is 23.8 Å². The van der Waals surface area contributed by atoms with E-state index in [9.17, 15) is 4.79 Å². The number of anilines is 1. The third kappa shape index (κ3) is 4.20. The van der Waals surface area contributed by atoms with Crippen molar-refractivity contribution >= 4 is 40.5 Å². The van der Waals surface area contributed by atoms with Crippen molar-refractivity contribution in [2.45, 2.75) is 19.4 Å². The van der Waals surface area contributed by atoms with E-state index in [1.807, 2.05) is 6.92 Å². The van der Waals surface area contributed by atoms with Gasteiger partial charge in [0.05, 0.1) is 21.7 Å². The van der Waals surface area contributed by atoms with Crippen LogP contribution in [-0.4, -0.2) is 17.1 Å². The SMILES string of the molecule is CCC(NC(=O)Nc1ccccc1Cl)C(N)=S. The minimum atomic E-state index is -0.377. The second-order valence-electron chi connectivity index (χ2n) is 3.44. The van der Waals surface area contributed by atoms with Crippen LogP contribution < -0.4 is 16.4 Å². The molecule has 1 atom stereocenters. The van der Waals surface area contributed by atoms with Crippen molar-refractivity contribution in [3.05, 3.63) is 29.3 Å². The molecule has 2 amide bonds. The number of carbonyl (C=O) groups excluding carboxylic acids is 1. The molecule has 0 saturated carbocycles. The zero-order chi connectivity index (χ0) is 12.8. The molecular weight excluding hydrogens is 258 g/mol. The van der Waals surface area contributed by atoms with Gasteiger partial charge in [-0.05, 0) is 18.6 Å². The summed E-state index contributed by atoms with van der Waals surface area (Å²) < 4.78 is 0. The minimum absolute atomic E-state index is 0.266. The molecule has 0 fully saturated rings. The van der Waals surface area contributed by atoms with Gasteiger partial charge in [0.25, 0.3) is 0 Å². The smallest absolute Gasteiger partial charge is 0.319 e. The lowest BCUT2D eigenvalue weighted by Gasteiger charge is -2.16. The zero-order valence-electron chi connectivity index (χ0n) is 9.37. The fraction of sp³-hybridized carbons (Fsp3) is 0.273. The number of halogens is 1. The van der Waals surface area contributed by atoms with Gasteiger partial charge in [-0.25, -0.2) is 4.79 Å². The lowest BCUT2D eigenvalue weighted by molar-refractivity contribution is 0.250. The molecule has 1 unspecified atom stereocenters. The molecule has 1 aromatic rings. The van der Waals surface area contributed by atoms with Gasteiger partial charge in [-0.1, -0.05) is 42.9 Å². The average molecular weight is 272 g/mol. The first-order valence-electron chi connectivity index (χ1n) is 5.16. The summed E-state index contributed by atoms with van der Waals surface area (Å²) in [7, 11) is 0. The van der Waals surface area contributed by atoms with Gasteiger partial charge in [-0.3, -0.25) is 0 Å². The Labute approximate surface area is 111 Å². The Balaban J connectivity index is 2.61. The van der Waals surface area contributed by atoms with Crippen LogP contribution in [0.25, 0.3) is 0 Å². The number of amides is 2. The molecule has 1 aromatic carbocycles. The van der Waals surface area contributed by atoms with E-state index in [1.165, 1.54) is 0 Å². The Bertz CT molecular complexity index is 425. The largest absolute Gasteiger partial charge is 0.392 e. The molecule has 0 aromatic heterocycles. The molecule has 0 radical (unpaired) electrons. The maximum atomic E-state index is 11.6. The highest BCUT2D eigenvalue weighted by Crippen LogP contribution is 2.20. The van der Waals surface area contributed by atoms with Crippen LogP contribution in [0.5, 0.6) is 0 Å². The summed E-state index contributed by atoms with van der Waals surface area (Å²) in [5.41, 5.74) is 6.03. The summed E-state index contributed by atoms with van der Waals surface area (Å²) in [6.45, 7) is 1.89. The Morgan fingerprint density at radius 2 is 2.18 bits per heavy atom. The first kappa shape index (κ1) is 13.7. The highest BCUT2D eigenvalue weighted by Gasteiger charge is 2.13. The molecule has 4 nitrogen and oxygen atoms in total. The monoisotopic (exact) mass is 271 g/mol. The van der Waals surface area contributed by atoms with E-state index in [2.05, 4.69) is 10.6 Å². The van der Waals surface area contributed by atoms with Crippen LogP contribution in [0, 0.1) is 0 Å². The highest BCUT2D eigenvalue weighted by atomic mass is 35.5. The van der Waals surface area contributed by atoms with Gasteiger partial charge in [0.2, 0.25) is 0 Å². The Morgan fingerprint density at radius 3 is 2.71 bits per heavy atom. The number of carbonyl (C=O) groups is 1. The molecule has 17 heavy (non-hydrogen) atoms. The Morgan fingerprint density at radius 1 is 1.53 bits per heavy atom. The molecule has 0 aliphatic rings. The van der Waals surface area contributed by atoms with Crippen molar-refractivity contribution in [1.82, 2.24) is 5.32 Å². The molecule has 0 aliphatic carbocycles. The normalized spacial score (nSPS) is 11.6. The van der Waals surface area contributed by atoms with Gasteiger partial charge >= 0.3 is 6.03 Å². The Kier molecular flexibility index (Phi) is 5.18. The first-order valence-corrected chi connectivity index (χ1v) is 5.94. The minimum Gasteiger partial charge on any atom is -0.392 e. The van der Waals surface area contributed by atoms with Crippen molar-refractivity contribution < 1.29 is 4.79 Å². The summed E-state index contributed by atoms with van der Waals surface area (Å²) in [6, 6.07) is 6.29. The predicted octanol–water partition coefficient (Wildman–Crippen LogP) is 2.53. The molecule has 4 N–H and O–H groups in total. The fourth-order valence-corrected chi connectivity index (χ4v) is 1.66. The lowest BCUT2D eigenvalue weighted by Crippen LogP contribution is -2.44. The van der Waals surface area contributed by atoms with Crippen molar-refractivity contribution in [1.29, 1.82) is 0 Å². The standard InChI is InChI=1S/C11H14ClN3OS/c1-2-8(10(13)17)14-11(16)15-9-6-4-3-5-7(9)12/h3-6,8H,2H2,1H3,(H2,13,17)(H2,14,15,16). The summed E-state index contributed by atoms with van der Waals surface area (Å²) in [6.07, 6.45) is 0.644. The van der Waals surface area contributed by atoms with Crippen LogP contribution in [0.2, 0.25) is 5.02 Å². The number of rotatable bonds is 4. The number of urea groups is 1. The molecular formula is C11H14ClN3OS. The lowest BCUT2D eigenvalue weighted by atomic mass is 10.2. The number of hydrogen-bond acceptors (Lipinski definition) is 2. The molecule has 0 saturated heterocycles. The van der Waals surface area contributed by atoms with Gasteiger partial charge in [-0.2, -0.15) is 0 Å². The quantitative estimate of drug-likeness (QED) is 0.737. The van der Waals surface area contributed by atoms with Crippen LogP contribution in [0.3, 0.4) is 0 Å². The second kappa shape index (κ2) is 6.42. The number of para-hydroxylation sites is 1.